The second kappa shape index (κ2) is 4.78. The number of hydrogen-bond donors (Lipinski definition) is 1. The average molecular weight is 235 g/mol. The van der Waals surface area contributed by atoms with Gasteiger partial charge in [-0.05, 0) is 25.7 Å². The molecule has 4 nitrogen and oxygen atoms in total. The fourth-order valence-electron chi connectivity index (χ4n) is 3.04. The van der Waals surface area contributed by atoms with Crippen molar-refractivity contribution in [1.29, 1.82) is 0 Å². The zero-order chi connectivity index (χ0) is 11.7. The van der Waals surface area contributed by atoms with Gasteiger partial charge in [-0.2, -0.15) is 0 Å². The van der Waals surface area contributed by atoms with Crippen LogP contribution in [0.5, 0.6) is 0 Å². The summed E-state index contributed by atoms with van der Waals surface area (Å²) in [4.78, 5) is 4.54. The summed E-state index contributed by atoms with van der Waals surface area (Å²) in [5.41, 5.74) is 2.69. The first-order valence-corrected chi connectivity index (χ1v) is 6.69. The Labute approximate surface area is 102 Å². The molecule has 0 aromatic carbocycles. The van der Waals surface area contributed by atoms with Crippen molar-refractivity contribution in [3.63, 3.8) is 0 Å². The summed E-state index contributed by atoms with van der Waals surface area (Å²) in [6.07, 6.45) is 5.53. The first-order valence-electron chi connectivity index (χ1n) is 6.69. The smallest absolute Gasteiger partial charge is 0.0954 e. The summed E-state index contributed by atoms with van der Waals surface area (Å²) in [5, 5.41) is 3.38. The SMILES string of the molecule is CC(C1CCOCC1)n1cnc2c1CCNC2. The van der Waals surface area contributed by atoms with Crippen molar-refractivity contribution in [2.45, 2.75) is 38.8 Å². The normalized spacial score (nSPS) is 23.4. The lowest BCUT2D eigenvalue weighted by Gasteiger charge is -2.30. The van der Waals surface area contributed by atoms with Crippen molar-refractivity contribution in [3.05, 3.63) is 17.7 Å². The van der Waals surface area contributed by atoms with E-state index in [1.807, 2.05) is 6.33 Å². The van der Waals surface area contributed by atoms with Gasteiger partial charge in [-0.1, -0.05) is 0 Å². The molecule has 1 fully saturated rings. The predicted molar refractivity (Wildman–Crippen MR) is 65.9 cm³/mol. The van der Waals surface area contributed by atoms with Crippen molar-refractivity contribution >= 4 is 0 Å². The fraction of sp³-hybridized carbons (Fsp3) is 0.769. The Balaban J connectivity index is 1.80. The molecule has 1 aromatic heterocycles. The van der Waals surface area contributed by atoms with Crippen molar-refractivity contribution < 1.29 is 4.74 Å². The van der Waals surface area contributed by atoms with E-state index in [-0.39, 0.29) is 0 Å². The average Bonchev–Trinajstić information content (AvgIpc) is 2.83. The molecular weight excluding hydrogens is 214 g/mol. The zero-order valence-electron chi connectivity index (χ0n) is 10.5. The second-order valence-corrected chi connectivity index (χ2v) is 5.16. The topological polar surface area (TPSA) is 39.1 Å². The molecule has 1 atom stereocenters. The number of rotatable bonds is 2. The first-order chi connectivity index (χ1) is 8.36. The number of fused-ring (bicyclic) bond motifs is 1. The standard InChI is InChI=1S/C13H21N3O/c1-10(11-3-6-17-7-4-11)16-9-15-12-8-14-5-2-13(12)16/h9-11,14H,2-8H2,1H3. The third-order valence-electron chi connectivity index (χ3n) is 4.20. The third kappa shape index (κ3) is 2.11. The Kier molecular flexibility index (Phi) is 3.16. The molecule has 94 valence electrons. The lowest BCUT2D eigenvalue weighted by atomic mass is 9.92. The quantitative estimate of drug-likeness (QED) is 0.844. The maximum Gasteiger partial charge on any atom is 0.0954 e. The van der Waals surface area contributed by atoms with Crippen LogP contribution in [-0.2, 0) is 17.7 Å². The molecule has 3 heterocycles. The van der Waals surface area contributed by atoms with Crippen LogP contribution in [0.3, 0.4) is 0 Å². The van der Waals surface area contributed by atoms with E-state index in [0.29, 0.717) is 6.04 Å². The molecule has 0 saturated carbocycles. The number of aromatic nitrogens is 2. The van der Waals surface area contributed by atoms with Crippen molar-refractivity contribution in [3.8, 4) is 0 Å². The summed E-state index contributed by atoms with van der Waals surface area (Å²) in [7, 11) is 0. The highest BCUT2D eigenvalue weighted by molar-refractivity contribution is 5.17. The monoisotopic (exact) mass is 235 g/mol. The highest BCUT2D eigenvalue weighted by atomic mass is 16.5. The van der Waals surface area contributed by atoms with Gasteiger partial charge >= 0.3 is 0 Å². The predicted octanol–water partition coefficient (Wildman–Crippen LogP) is 1.52. The Morgan fingerprint density at radius 2 is 2.29 bits per heavy atom. The van der Waals surface area contributed by atoms with Gasteiger partial charge in [0, 0.05) is 44.5 Å². The number of nitrogens with zero attached hydrogens (tertiary/aromatic N) is 2. The van der Waals surface area contributed by atoms with Crippen molar-refractivity contribution in [1.82, 2.24) is 14.9 Å². The van der Waals surface area contributed by atoms with Crippen LogP contribution in [-0.4, -0.2) is 29.3 Å². The molecule has 0 aliphatic carbocycles. The van der Waals surface area contributed by atoms with Crippen LogP contribution in [0.2, 0.25) is 0 Å². The molecular formula is C13H21N3O. The summed E-state index contributed by atoms with van der Waals surface area (Å²) >= 11 is 0. The summed E-state index contributed by atoms with van der Waals surface area (Å²) in [6.45, 7) is 6.20. The van der Waals surface area contributed by atoms with Gasteiger partial charge in [0.25, 0.3) is 0 Å². The van der Waals surface area contributed by atoms with Crippen molar-refractivity contribution in [2.24, 2.45) is 5.92 Å². The number of imidazole rings is 1. The number of ether oxygens (including phenoxy) is 1. The largest absolute Gasteiger partial charge is 0.381 e. The van der Waals surface area contributed by atoms with Gasteiger partial charge in [0.15, 0.2) is 0 Å². The van der Waals surface area contributed by atoms with Gasteiger partial charge in [0.2, 0.25) is 0 Å². The van der Waals surface area contributed by atoms with Gasteiger partial charge < -0.3 is 14.6 Å². The third-order valence-corrected chi connectivity index (χ3v) is 4.20. The van der Waals surface area contributed by atoms with E-state index >= 15 is 0 Å². The first kappa shape index (κ1) is 11.2. The van der Waals surface area contributed by atoms with Crippen LogP contribution in [0.4, 0.5) is 0 Å². The van der Waals surface area contributed by atoms with Gasteiger partial charge in [-0.25, -0.2) is 4.98 Å². The lowest BCUT2D eigenvalue weighted by Crippen LogP contribution is -2.28. The summed E-state index contributed by atoms with van der Waals surface area (Å²) in [5.74, 6) is 0.747. The van der Waals surface area contributed by atoms with E-state index in [2.05, 4.69) is 21.8 Å². The number of hydrogen-bond acceptors (Lipinski definition) is 3. The van der Waals surface area contributed by atoms with Crippen LogP contribution in [0.15, 0.2) is 6.33 Å². The Morgan fingerprint density at radius 1 is 1.47 bits per heavy atom. The molecule has 1 aromatic rings. The van der Waals surface area contributed by atoms with Crippen LogP contribution < -0.4 is 5.32 Å². The highest BCUT2D eigenvalue weighted by Gasteiger charge is 2.25. The van der Waals surface area contributed by atoms with E-state index in [4.69, 9.17) is 4.74 Å². The molecule has 3 rings (SSSR count). The van der Waals surface area contributed by atoms with Gasteiger partial charge in [-0.15, -0.1) is 0 Å². The fourth-order valence-corrected chi connectivity index (χ4v) is 3.04. The minimum atomic E-state index is 0.563. The van der Waals surface area contributed by atoms with Gasteiger partial charge in [0.1, 0.15) is 0 Å². The Bertz CT molecular complexity index is 382. The Morgan fingerprint density at radius 3 is 3.12 bits per heavy atom. The maximum absolute atomic E-state index is 5.44. The molecule has 17 heavy (non-hydrogen) atoms. The second-order valence-electron chi connectivity index (χ2n) is 5.16. The molecule has 0 amide bonds. The van der Waals surface area contributed by atoms with Gasteiger partial charge in [-0.3, -0.25) is 0 Å². The molecule has 0 radical (unpaired) electrons. The van der Waals surface area contributed by atoms with E-state index in [1.54, 1.807) is 0 Å². The summed E-state index contributed by atoms with van der Waals surface area (Å²) in [6, 6.07) is 0.563. The van der Waals surface area contributed by atoms with E-state index in [9.17, 15) is 0 Å². The van der Waals surface area contributed by atoms with Gasteiger partial charge in [0.05, 0.1) is 12.0 Å². The summed E-state index contributed by atoms with van der Waals surface area (Å²) < 4.78 is 7.85. The molecule has 2 aliphatic rings. The molecule has 0 spiro atoms. The van der Waals surface area contributed by atoms with E-state index < -0.39 is 0 Å². The maximum atomic E-state index is 5.44. The van der Waals surface area contributed by atoms with Crippen LogP contribution in [0.1, 0.15) is 37.2 Å². The minimum absolute atomic E-state index is 0.563. The zero-order valence-corrected chi connectivity index (χ0v) is 10.5. The van der Waals surface area contributed by atoms with E-state index in [1.165, 1.54) is 24.2 Å². The number of nitrogens with one attached hydrogen (secondary N) is 1. The van der Waals surface area contributed by atoms with Crippen molar-refractivity contribution in [2.75, 3.05) is 19.8 Å². The molecule has 1 N–H and O–H groups in total. The molecule has 0 bridgehead atoms. The molecule has 2 aliphatic heterocycles. The lowest BCUT2D eigenvalue weighted by molar-refractivity contribution is 0.0509. The molecule has 1 saturated heterocycles. The van der Waals surface area contributed by atoms with Crippen LogP contribution in [0.25, 0.3) is 0 Å². The van der Waals surface area contributed by atoms with E-state index in [0.717, 1.165) is 38.6 Å². The molecule has 4 heteroatoms. The minimum Gasteiger partial charge on any atom is -0.381 e. The highest BCUT2D eigenvalue weighted by Crippen LogP contribution is 2.29. The molecule has 1 unspecified atom stereocenters. The van der Waals surface area contributed by atoms with Crippen LogP contribution in [0, 0.1) is 5.92 Å². The Hall–Kier alpha value is -0.870. The van der Waals surface area contributed by atoms with Crippen LogP contribution >= 0.6 is 0 Å².